The quantitative estimate of drug-likeness (QED) is 0.842. The van der Waals surface area contributed by atoms with Gasteiger partial charge in [0.05, 0.1) is 7.11 Å². The second kappa shape index (κ2) is 6.87. The van der Waals surface area contributed by atoms with Crippen LogP contribution in [0.4, 0.5) is 0 Å². The molecule has 0 saturated carbocycles. The van der Waals surface area contributed by atoms with E-state index in [-0.39, 0.29) is 6.04 Å². The molecule has 0 heterocycles. The molecule has 3 heteroatoms. The predicted molar refractivity (Wildman–Crippen MR) is 73.8 cm³/mol. The van der Waals surface area contributed by atoms with E-state index in [1.807, 2.05) is 18.2 Å². The molecule has 0 amide bonds. The molecule has 1 aromatic carbocycles. The fourth-order valence-electron chi connectivity index (χ4n) is 2.01. The molecule has 0 aromatic heterocycles. The molecule has 2 nitrogen and oxygen atoms in total. The van der Waals surface area contributed by atoms with E-state index in [0.717, 1.165) is 35.6 Å². The number of methoxy groups -OCH3 is 1. The summed E-state index contributed by atoms with van der Waals surface area (Å²) in [5, 5.41) is 0.748. The summed E-state index contributed by atoms with van der Waals surface area (Å²) in [5.74, 6) is 1.54. The number of aryl methyl sites for hydroxylation is 1. The minimum absolute atomic E-state index is 0.249. The fraction of sp³-hybridized carbons (Fsp3) is 0.571. The molecule has 17 heavy (non-hydrogen) atoms. The summed E-state index contributed by atoms with van der Waals surface area (Å²) in [4.78, 5) is 0. The van der Waals surface area contributed by atoms with Crippen molar-refractivity contribution in [1.29, 1.82) is 0 Å². The standard InChI is InChI=1S/C14H22ClNO/c1-10(2)8-13(16)6-4-11-9-12(15)5-7-14(11)17-3/h5,7,9-10,13H,4,6,8,16H2,1-3H3. The van der Waals surface area contributed by atoms with Crippen molar-refractivity contribution in [3.8, 4) is 5.75 Å². The third-order valence-corrected chi connectivity index (χ3v) is 3.04. The van der Waals surface area contributed by atoms with E-state index in [1.165, 1.54) is 0 Å². The average Bonchev–Trinajstić information content (AvgIpc) is 2.25. The van der Waals surface area contributed by atoms with Crippen molar-refractivity contribution in [3.05, 3.63) is 28.8 Å². The summed E-state index contributed by atoms with van der Waals surface area (Å²) < 4.78 is 5.31. The van der Waals surface area contributed by atoms with Crippen LogP contribution in [-0.2, 0) is 6.42 Å². The number of hydrogen-bond acceptors (Lipinski definition) is 2. The van der Waals surface area contributed by atoms with Crippen LogP contribution in [0.15, 0.2) is 18.2 Å². The first-order chi connectivity index (χ1) is 8.02. The van der Waals surface area contributed by atoms with Crippen LogP contribution in [-0.4, -0.2) is 13.2 Å². The van der Waals surface area contributed by atoms with E-state index in [4.69, 9.17) is 22.1 Å². The van der Waals surface area contributed by atoms with E-state index < -0.39 is 0 Å². The zero-order chi connectivity index (χ0) is 12.8. The van der Waals surface area contributed by atoms with E-state index in [9.17, 15) is 0 Å². The topological polar surface area (TPSA) is 35.2 Å². The molecule has 1 aromatic rings. The Morgan fingerprint density at radius 1 is 1.35 bits per heavy atom. The second-order valence-corrected chi connectivity index (χ2v) is 5.32. The van der Waals surface area contributed by atoms with Crippen molar-refractivity contribution >= 4 is 11.6 Å². The minimum atomic E-state index is 0.249. The van der Waals surface area contributed by atoms with Gasteiger partial charge >= 0.3 is 0 Å². The van der Waals surface area contributed by atoms with Gasteiger partial charge in [0.1, 0.15) is 5.75 Å². The highest BCUT2D eigenvalue weighted by Crippen LogP contribution is 2.24. The SMILES string of the molecule is COc1ccc(Cl)cc1CCC(N)CC(C)C. The zero-order valence-electron chi connectivity index (χ0n) is 10.9. The maximum Gasteiger partial charge on any atom is 0.122 e. The van der Waals surface area contributed by atoms with Crippen molar-refractivity contribution in [2.75, 3.05) is 7.11 Å². The third kappa shape index (κ3) is 4.97. The highest BCUT2D eigenvalue weighted by atomic mass is 35.5. The Labute approximate surface area is 109 Å². The van der Waals surface area contributed by atoms with Gasteiger partial charge in [-0.2, -0.15) is 0 Å². The van der Waals surface area contributed by atoms with Gasteiger partial charge in [-0.05, 0) is 48.9 Å². The average molecular weight is 256 g/mol. The number of ether oxygens (including phenoxy) is 1. The Kier molecular flexibility index (Phi) is 5.79. The van der Waals surface area contributed by atoms with E-state index in [1.54, 1.807) is 7.11 Å². The van der Waals surface area contributed by atoms with Gasteiger partial charge in [0, 0.05) is 11.1 Å². The second-order valence-electron chi connectivity index (χ2n) is 4.88. The minimum Gasteiger partial charge on any atom is -0.496 e. The highest BCUT2D eigenvalue weighted by molar-refractivity contribution is 6.30. The number of halogens is 1. The molecule has 0 aliphatic carbocycles. The summed E-state index contributed by atoms with van der Waals surface area (Å²) in [7, 11) is 1.68. The predicted octanol–water partition coefficient (Wildman–Crippen LogP) is 3.65. The van der Waals surface area contributed by atoms with E-state index in [0.29, 0.717) is 5.92 Å². The van der Waals surface area contributed by atoms with Crippen molar-refractivity contribution in [2.24, 2.45) is 11.7 Å². The molecule has 0 saturated heterocycles. The Balaban J connectivity index is 2.58. The van der Waals surface area contributed by atoms with Crippen molar-refractivity contribution in [2.45, 2.75) is 39.2 Å². The molecule has 0 spiro atoms. The molecular formula is C14H22ClNO. The van der Waals surface area contributed by atoms with Crippen LogP contribution in [0.5, 0.6) is 5.75 Å². The normalized spacial score (nSPS) is 12.8. The van der Waals surface area contributed by atoms with Gasteiger partial charge in [-0.3, -0.25) is 0 Å². The van der Waals surface area contributed by atoms with Crippen LogP contribution in [0.25, 0.3) is 0 Å². The molecule has 96 valence electrons. The van der Waals surface area contributed by atoms with Crippen LogP contribution in [0, 0.1) is 5.92 Å². The summed E-state index contributed by atoms with van der Waals surface area (Å²) in [6.45, 7) is 4.39. The zero-order valence-corrected chi connectivity index (χ0v) is 11.6. The number of rotatable bonds is 6. The van der Waals surface area contributed by atoms with Crippen molar-refractivity contribution in [3.63, 3.8) is 0 Å². The lowest BCUT2D eigenvalue weighted by Gasteiger charge is -2.15. The van der Waals surface area contributed by atoms with Gasteiger partial charge < -0.3 is 10.5 Å². The maximum atomic E-state index is 6.08. The molecule has 1 unspecified atom stereocenters. The summed E-state index contributed by atoms with van der Waals surface area (Å²) in [6, 6.07) is 5.96. The molecule has 0 aliphatic rings. The Morgan fingerprint density at radius 3 is 2.65 bits per heavy atom. The number of nitrogens with two attached hydrogens (primary N) is 1. The third-order valence-electron chi connectivity index (χ3n) is 2.80. The largest absolute Gasteiger partial charge is 0.496 e. The van der Waals surface area contributed by atoms with Crippen molar-refractivity contribution in [1.82, 2.24) is 0 Å². The first-order valence-corrected chi connectivity index (χ1v) is 6.48. The van der Waals surface area contributed by atoms with Crippen LogP contribution >= 0.6 is 11.6 Å². The Bertz CT molecular complexity index is 352. The first kappa shape index (κ1) is 14.3. The highest BCUT2D eigenvalue weighted by Gasteiger charge is 2.09. The smallest absolute Gasteiger partial charge is 0.122 e. The summed E-state index contributed by atoms with van der Waals surface area (Å²) in [5.41, 5.74) is 7.22. The van der Waals surface area contributed by atoms with Gasteiger partial charge in [0.25, 0.3) is 0 Å². The molecule has 0 radical (unpaired) electrons. The Morgan fingerprint density at radius 2 is 2.06 bits per heavy atom. The Hall–Kier alpha value is -0.730. The maximum absolute atomic E-state index is 6.08. The number of hydrogen-bond donors (Lipinski definition) is 1. The van der Waals surface area contributed by atoms with Crippen LogP contribution in [0.1, 0.15) is 32.3 Å². The number of benzene rings is 1. The molecule has 0 bridgehead atoms. The summed E-state index contributed by atoms with van der Waals surface area (Å²) in [6.07, 6.45) is 2.94. The lowest BCUT2D eigenvalue weighted by Crippen LogP contribution is -2.22. The van der Waals surface area contributed by atoms with Crippen LogP contribution in [0.3, 0.4) is 0 Å². The molecule has 1 atom stereocenters. The van der Waals surface area contributed by atoms with Gasteiger partial charge in [0.2, 0.25) is 0 Å². The molecule has 1 rings (SSSR count). The van der Waals surface area contributed by atoms with Gasteiger partial charge in [-0.15, -0.1) is 0 Å². The van der Waals surface area contributed by atoms with E-state index in [2.05, 4.69) is 13.8 Å². The van der Waals surface area contributed by atoms with Crippen LogP contribution < -0.4 is 10.5 Å². The lowest BCUT2D eigenvalue weighted by molar-refractivity contribution is 0.406. The molecular weight excluding hydrogens is 234 g/mol. The fourth-order valence-corrected chi connectivity index (χ4v) is 2.20. The van der Waals surface area contributed by atoms with Gasteiger partial charge in [-0.25, -0.2) is 0 Å². The summed E-state index contributed by atoms with van der Waals surface area (Å²) >= 11 is 5.99. The molecule has 0 fully saturated rings. The molecule has 2 N–H and O–H groups in total. The van der Waals surface area contributed by atoms with Crippen LogP contribution in [0.2, 0.25) is 5.02 Å². The van der Waals surface area contributed by atoms with Crippen molar-refractivity contribution < 1.29 is 4.74 Å². The first-order valence-electron chi connectivity index (χ1n) is 6.11. The molecule has 0 aliphatic heterocycles. The monoisotopic (exact) mass is 255 g/mol. The van der Waals surface area contributed by atoms with E-state index >= 15 is 0 Å². The van der Waals surface area contributed by atoms with Gasteiger partial charge in [-0.1, -0.05) is 25.4 Å². The lowest BCUT2D eigenvalue weighted by atomic mass is 9.98. The van der Waals surface area contributed by atoms with Gasteiger partial charge in [0.15, 0.2) is 0 Å².